The highest BCUT2D eigenvalue weighted by Crippen LogP contribution is 2.50. The highest BCUT2D eigenvalue weighted by atomic mass is 16.5. The van der Waals surface area contributed by atoms with E-state index in [2.05, 4.69) is 16.7 Å². The van der Waals surface area contributed by atoms with E-state index in [1.54, 1.807) is 0 Å². The number of ether oxygens (including phenoxy) is 1. The Morgan fingerprint density at radius 1 is 1.04 bits per heavy atom. The Balaban J connectivity index is 1.31. The van der Waals surface area contributed by atoms with Gasteiger partial charge in [-0.3, -0.25) is 9.69 Å². The first-order valence-electron chi connectivity index (χ1n) is 9.84. The summed E-state index contributed by atoms with van der Waals surface area (Å²) >= 11 is 0. The Labute approximate surface area is 140 Å². The average Bonchev–Trinajstić information content (AvgIpc) is 3.31. The van der Waals surface area contributed by atoms with Crippen molar-refractivity contribution in [1.82, 2.24) is 9.80 Å². The van der Waals surface area contributed by atoms with E-state index in [0.29, 0.717) is 23.8 Å². The third kappa shape index (κ3) is 3.30. The molecule has 4 atom stereocenters. The molecule has 2 heterocycles. The van der Waals surface area contributed by atoms with Gasteiger partial charge in [0.1, 0.15) is 0 Å². The number of rotatable bonds is 3. The van der Waals surface area contributed by atoms with Crippen LogP contribution in [-0.2, 0) is 9.53 Å². The van der Waals surface area contributed by atoms with Crippen LogP contribution in [0.25, 0.3) is 0 Å². The van der Waals surface area contributed by atoms with Crippen LogP contribution < -0.4 is 0 Å². The van der Waals surface area contributed by atoms with Crippen LogP contribution in [0.1, 0.15) is 45.4 Å². The van der Waals surface area contributed by atoms with Gasteiger partial charge < -0.3 is 9.64 Å². The minimum absolute atomic E-state index is 0.369. The van der Waals surface area contributed by atoms with Crippen LogP contribution in [0.4, 0.5) is 0 Å². The summed E-state index contributed by atoms with van der Waals surface area (Å²) in [7, 11) is 0. The molecule has 2 aliphatic heterocycles. The van der Waals surface area contributed by atoms with E-state index in [1.807, 2.05) is 0 Å². The van der Waals surface area contributed by atoms with Gasteiger partial charge in [-0.1, -0.05) is 39.0 Å². The first-order chi connectivity index (χ1) is 11.2. The zero-order valence-electron chi connectivity index (χ0n) is 14.6. The van der Waals surface area contributed by atoms with E-state index in [0.717, 1.165) is 51.2 Å². The summed E-state index contributed by atoms with van der Waals surface area (Å²) in [4.78, 5) is 17.7. The lowest BCUT2D eigenvalue weighted by Gasteiger charge is -2.34. The minimum Gasteiger partial charge on any atom is -0.379 e. The van der Waals surface area contributed by atoms with Gasteiger partial charge >= 0.3 is 0 Å². The molecule has 4 nitrogen and oxygen atoms in total. The second kappa shape index (κ2) is 6.72. The molecular weight excluding hydrogens is 288 g/mol. The lowest BCUT2D eigenvalue weighted by molar-refractivity contribution is -0.132. The fourth-order valence-electron chi connectivity index (χ4n) is 5.33. The lowest BCUT2D eigenvalue weighted by atomic mass is 9.85. The molecule has 23 heavy (non-hydrogen) atoms. The number of amides is 1. The second-order valence-corrected chi connectivity index (χ2v) is 8.34. The third-order valence-electron chi connectivity index (χ3n) is 6.81. The van der Waals surface area contributed by atoms with Crippen molar-refractivity contribution >= 4 is 5.91 Å². The fourth-order valence-corrected chi connectivity index (χ4v) is 5.33. The van der Waals surface area contributed by atoms with Crippen LogP contribution in [0.5, 0.6) is 0 Å². The minimum atomic E-state index is 0.369. The highest BCUT2D eigenvalue weighted by molar-refractivity contribution is 5.82. The Bertz CT molecular complexity index is 429. The van der Waals surface area contributed by atoms with E-state index < -0.39 is 0 Å². The van der Waals surface area contributed by atoms with Crippen LogP contribution in [0.2, 0.25) is 0 Å². The maximum absolute atomic E-state index is 12.9. The van der Waals surface area contributed by atoms with Crippen LogP contribution in [0, 0.1) is 23.7 Å². The van der Waals surface area contributed by atoms with Crippen molar-refractivity contribution in [3.05, 3.63) is 0 Å². The molecule has 0 radical (unpaired) electrons. The molecule has 4 fully saturated rings. The molecule has 0 N–H and O–H groups in total. The summed E-state index contributed by atoms with van der Waals surface area (Å²) in [6, 6.07) is 0.551. The molecule has 0 bridgehead atoms. The Morgan fingerprint density at radius 3 is 2.52 bits per heavy atom. The van der Waals surface area contributed by atoms with Crippen LogP contribution in [0.3, 0.4) is 0 Å². The van der Waals surface area contributed by atoms with Crippen molar-refractivity contribution < 1.29 is 9.53 Å². The molecule has 0 aromatic rings. The molecule has 130 valence electrons. The van der Waals surface area contributed by atoms with Gasteiger partial charge in [0.25, 0.3) is 0 Å². The van der Waals surface area contributed by atoms with E-state index in [1.165, 1.54) is 38.5 Å². The van der Waals surface area contributed by atoms with Gasteiger partial charge in [-0.2, -0.15) is 0 Å². The van der Waals surface area contributed by atoms with E-state index in [4.69, 9.17) is 4.74 Å². The van der Waals surface area contributed by atoms with Gasteiger partial charge in [-0.25, -0.2) is 0 Å². The topological polar surface area (TPSA) is 32.8 Å². The molecule has 2 saturated heterocycles. The van der Waals surface area contributed by atoms with Crippen LogP contribution in [0.15, 0.2) is 0 Å². The number of hydrogen-bond donors (Lipinski definition) is 0. The summed E-state index contributed by atoms with van der Waals surface area (Å²) in [5.74, 6) is 3.02. The Kier molecular flexibility index (Phi) is 4.64. The van der Waals surface area contributed by atoms with Crippen molar-refractivity contribution in [1.29, 1.82) is 0 Å². The van der Waals surface area contributed by atoms with Gasteiger partial charge in [0.15, 0.2) is 0 Å². The number of nitrogens with zero attached hydrogens (tertiary/aromatic N) is 2. The molecule has 0 spiro atoms. The van der Waals surface area contributed by atoms with Crippen LogP contribution >= 0.6 is 0 Å². The maximum atomic E-state index is 12.9. The van der Waals surface area contributed by atoms with Gasteiger partial charge in [-0.15, -0.1) is 0 Å². The first kappa shape index (κ1) is 15.9. The summed E-state index contributed by atoms with van der Waals surface area (Å²) in [6.45, 7) is 8.00. The lowest BCUT2D eigenvalue weighted by Crippen LogP contribution is -2.47. The zero-order chi connectivity index (χ0) is 15.8. The van der Waals surface area contributed by atoms with Gasteiger partial charge in [0.2, 0.25) is 5.91 Å². The molecule has 4 aliphatic rings. The molecule has 2 aliphatic carbocycles. The number of carbonyl (C=O) groups is 1. The largest absolute Gasteiger partial charge is 0.379 e. The predicted molar refractivity (Wildman–Crippen MR) is 90.1 cm³/mol. The average molecular weight is 320 g/mol. The van der Waals surface area contributed by atoms with E-state index >= 15 is 0 Å². The van der Waals surface area contributed by atoms with Gasteiger partial charge in [-0.05, 0) is 24.2 Å². The van der Waals surface area contributed by atoms with Crippen molar-refractivity contribution in [2.45, 2.75) is 51.5 Å². The number of hydrogen-bond acceptors (Lipinski definition) is 3. The smallest absolute Gasteiger partial charge is 0.226 e. The van der Waals surface area contributed by atoms with Gasteiger partial charge in [0, 0.05) is 38.1 Å². The van der Waals surface area contributed by atoms with E-state index in [-0.39, 0.29) is 0 Å². The standard InChI is InChI=1S/C19H32N2O2/c1-14-12-21(13-18(14)20-7-9-23-10-8-20)19(22)17-11-16(17)15-5-3-2-4-6-15/h14-18H,2-13H2,1H3. The van der Waals surface area contributed by atoms with Crippen molar-refractivity contribution in [2.75, 3.05) is 39.4 Å². The zero-order valence-corrected chi connectivity index (χ0v) is 14.6. The molecule has 4 unspecified atom stereocenters. The molecule has 0 aromatic heterocycles. The fraction of sp³-hybridized carbons (Fsp3) is 0.947. The highest BCUT2D eigenvalue weighted by Gasteiger charge is 2.50. The van der Waals surface area contributed by atoms with Crippen LogP contribution in [-0.4, -0.2) is 61.1 Å². The number of carbonyl (C=O) groups excluding carboxylic acids is 1. The molecule has 4 heteroatoms. The Morgan fingerprint density at radius 2 is 1.78 bits per heavy atom. The number of morpholine rings is 1. The van der Waals surface area contributed by atoms with E-state index in [9.17, 15) is 4.79 Å². The second-order valence-electron chi connectivity index (χ2n) is 8.34. The van der Waals surface area contributed by atoms with Crippen molar-refractivity contribution in [3.63, 3.8) is 0 Å². The van der Waals surface area contributed by atoms with Crippen molar-refractivity contribution in [2.24, 2.45) is 23.7 Å². The summed E-state index contributed by atoms with van der Waals surface area (Å²) in [5, 5.41) is 0. The third-order valence-corrected chi connectivity index (χ3v) is 6.81. The molecule has 4 rings (SSSR count). The molecule has 2 saturated carbocycles. The summed E-state index contributed by atoms with van der Waals surface area (Å²) < 4.78 is 5.48. The first-order valence-corrected chi connectivity index (χ1v) is 9.84. The SMILES string of the molecule is CC1CN(C(=O)C2CC2C2CCCCC2)CC1N1CCOCC1. The number of likely N-dealkylation sites (tertiary alicyclic amines) is 1. The monoisotopic (exact) mass is 320 g/mol. The normalized spacial score (nSPS) is 39.6. The molecule has 0 aromatic carbocycles. The Hall–Kier alpha value is -0.610. The molecular formula is C19H32N2O2. The maximum Gasteiger partial charge on any atom is 0.226 e. The summed E-state index contributed by atoms with van der Waals surface area (Å²) in [6.07, 6.45) is 8.12. The summed E-state index contributed by atoms with van der Waals surface area (Å²) in [5.41, 5.74) is 0. The molecule has 1 amide bonds. The van der Waals surface area contributed by atoms with Crippen molar-refractivity contribution in [3.8, 4) is 0 Å². The quantitative estimate of drug-likeness (QED) is 0.800. The van der Waals surface area contributed by atoms with Gasteiger partial charge in [0.05, 0.1) is 13.2 Å². The predicted octanol–water partition coefficient (Wildman–Crippen LogP) is 2.38.